The van der Waals surface area contributed by atoms with Crippen LogP contribution in [0.5, 0.6) is 5.75 Å². The normalized spacial score (nSPS) is 12.2. The zero-order valence-electron chi connectivity index (χ0n) is 14.3. The molecular weight excluding hydrogens is 324 g/mol. The minimum atomic E-state index is -0.785. The van der Waals surface area contributed by atoms with Crippen molar-refractivity contribution in [2.24, 2.45) is 0 Å². The molecule has 0 aliphatic heterocycles. The highest BCUT2D eigenvalue weighted by Crippen LogP contribution is 2.20. The van der Waals surface area contributed by atoms with Gasteiger partial charge in [-0.05, 0) is 44.4 Å². The standard InChI is InChI=1S/C18H24N2O3S/c1-4-6-17-19-11-16(24-17)18(22)20-10-15(21)13-7-5-8-14(9-13)23-12(2)3/h5,7-9,11-12,15,21H,4,6,10H2,1-3H3,(H,20,22). The number of aromatic nitrogens is 1. The van der Waals surface area contributed by atoms with E-state index in [-0.39, 0.29) is 18.6 Å². The summed E-state index contributed by atoms with van der Waals surface area (Å²) in [6, 6.07) is 7.29. The average molecular weight is 348 g/mol. The first-order valence-corrected chi connectivity index (χ1v) is 8.98. The number of aliphatic hydroxyl groups excluding tert-OH is 1. The molecule has 5 nitrogen and oxygen atoms in total. The molecule has 1 aromatic heterocycles. The summed E-state index contributed by atoms with van der Waals surface area (Å²) in [6.07, 6.45) is 2.76. The van der Waals surface area contributed by atoms with Crippen LogP contribution in [0.25, 0.3) is 0 Å². The highest BCUT2D eigenvalue weighted by Gasteiger charge is 2.14. The van der Waals surface area contributed by atoms with Gasteiger partial charge in [0.25, 0.3) is 5.91 Å². The molecule has 0 saturated heterocycles. The number of carbonyl (C=O) groups excluding carboxylic acids is 1. The lowest BCUT2D eigenvalue weighted by atomic mass is 10.1. The van der Waals surface area contributed by atoms with Crippen LogP contribution in [0.4, 0.5) is 0 Å². The Balaban J connectivity index is 1.92. The van der Waals surface area contributed by atoms with Gasteiger partial charge in [0.1, 0.15) is 10.6 Å². The molecule has 1 atom stereocenters. The van der Waals surface area contributed by atoms with Gasteiger partial charge < -0.3 is 15.2 Å². The first-order chi connectivity index (χ1) is 11.5. The van der Waals surface area contributed by atoms with Crippen molar-refractivity contribution in [3.8, 4) is 5.75 Å². The van der Waals surface area contributed by atoms with E-state index in [9.17, 15) is 9.90 Å². The van der Waals surface area contributed by atoms with Crippen LogP contribution in [0.15, 0.2) is 30.5 Å². The largest absolute Gasteiger partial charge is 0.491 e. The summed E-state index contributed by atoms with van der Waals surface area (Å²) in [4.78, 5) is 16.9. The predicted octanol–water partition coefficient (Wildman–Crippen LogP) is 3.35. The van der Waals surface area contributed by atoms with Crippen LogP contribution < -0.4 is 10.1 Å². The number of thiazole rings is 1. The highest BCUT2D eigenvalue weighted by molar-refractivity contribution is 7.13. The van der Waals surface area contributed by atoms with E-state index in [4.69, 9.17) is 4.74 Å². The molecule has 0 aliphatic carbocycles. The number of hydrogen-bond donors (Lipinski definition) is 2. The van der Waals surface area contributed by atoms with Gasteiger partial charge in [-0.25, -0.2) is 4.98 Å². The Hall–Kier alpha value is -1.92. The SMILES string of the molecule is CCCc1ncc(C(=O)NCC(O)c2cccc(OC(C)C)c2)s1. The second kappa shape index (κ2) is 8.80. The third kappa shape index (κ3) is 5.32. The molecule has 2 rings (SSSR count). The summed E-state index contributed by atoms with van der Waals surface area (Å²) in [5, 5.41) is 14.0. The van der Waals surface area contributed by atoms with E-state index >= 15 is 0 Å². The summed E-state index contributed by atoms with van der Waals surface area (Å²) in [6.45, 7) is 6.12. The van der Waals surface area contributed by atoms with Gasteiger partial charge in [-0.15, -0.1) is 11.3 Å². The van der Waals surface area contributed by atoms with Crippen molar-refractivity contribution < 1.29 is 14.6 Å². The third-order valence-corrected chi connectivity index (χ3v) is 4.37. The summed E-state index contributed by atoms with van der Waals surface area (Å²) < 4.78 is 5.62. The van der Waals surface area contributed by atoms with Gasteiger partial charge in [0, 0.05) is 6.54 Å². The zero-order valence-corrected chi connectivity index (χ0v) is 15.1. The summed E-state index contributed by atoms with van der Waals surface area (Å²) in [5.41, 5.74) is 0.712. The maximum Gasteiger partial charge on any atom is 0.263 e. The quantitative estimate of drug-likeness (QED) is 0.767. The van der Waals surface area contributed by atoms with Crippen molar-refractivity contribution in [1.29, 1.82) is 0 Å². The summed E-state index contributed by atoms with van der Waals surface area (Å²) in [7, 11) is 0. The van der Waals surface area contributed by atoms with E-state index in [1.807, 2.05) is 32.0 Å². The Morgan fingerprint density at radius 3 is 2.92 bits per heavy atom. The monoisotopic (exact) mass is 348 g/mol. The topological polar surface area (TPSA) is 71.5 Å². The predicted molar refractivity (Wildman–Crippen MR) is 95.6 cm³/mol. The molecule has 0 bridgehead atoms. The number of hydrogen-bond acceptors (Lipinski definition) is 5. The number of benzene rings is 1. The average Bonchev–Trinajstić information content (AvgIpc) is 3.01. The van der Waals surface area contributed by atoms with Gasteiger partial charge in [-0.3, -0.25) is 4.79 Å². The summed E-state index contributed by atoms with van der Waals surface area (Å²) in [5.74, 6) is 0.503. The minimum Gasteiger partial charge on any atom is -0.491 e. The van der Waals surface area contributed by atoms with Crippen molar-refractivity contribution in [1.82, 2.24) is 10.3 Å². The molecule has 0 saturated carbocycles. The van der Waals surface area contributed by atoms with Crippen LogP contribution in [-0.2, 0) is 6.42 Å². The molecule has 2 N–H and O–H groups in total. The number of carbonyl (C=O) groups is 1. The number of amides is 1. The first kappa shape index (κ1) is 18.4. The van der Waals surface area contributed by atoms with Gasteiger partial charge in [-0.2, -0.15) is 0 Å². The van der Waals surface area contributed by atoms with Crippen molar-refractivity contribution >= 4 is 17.2 Å². The number of rotatable bonds is 8. The van der Waals surface area contributed by atoms with Crippen LogP contribution in [0.3, 0.4) is 0 Å². The van der Waals surface area contributed by atoms with Crippen LogP contribution >= 0.6 is 11.3 Å². The molecule has 0 aliphatic rings. The van der Waals surface area contributed by atoms with E-state index < -0.39 is 6.10 Å². The fourth-order valence-corrected chi connectivity index (χ4v) is 3.14. The van der Waals surface area contributed by atoms with Crippen molar-refractivity contribution in [3.05, 3.63) is 45.9 Å². The first-order valence-electron chi connectivity index (χ1n) is 8.17. The smallest absolute Gasteiger partial charge is 0.263 e. The van der Waals surface area contributed by atoms with E-state index in [0.717, 1.165) is 17.8 Å². The van der Waals surface area contributed by atoms with Gasteiger partial charge in [0.2, 0.25) is 0 Å². The molecule has 1 amide bonds. The molecule has 1 heterocycles. The fourth-order valence-electron chi connectivity index (χ4n) is 2.21. The molecule has 24 heavy (non-hydrogen) atoms. The Kier molecular flexibility index (Phi) is 6.75. The Morgan fingerprint density at radius 1 is 1.42 bits per heavy atom. The molecule has 1 aromatic carbocycles. The number of nitrogens with one attached hydrogen (secondary N) is 1. The molecule has 0 radical (unpaired) electrons. The van der Waals surface area contributed by atoms with Gasteiger partial charge in [-0.1, -0.05) is 19.1 Å². The lowest BCUT2D eigenvalue weighted by Gasteiger charge is -2.14. The van der Waals surface area contributed by atoms with Crippen LogP contribution in [0, 0.1) is 0 Å². The molecular formula is C18H24N2O3S. The van der Waals surface area contributed by atoms with Crippen LogP contribution in [0.1, 0.15) is 53.5 Å². The number of ether oxygens (including phenoxy) is 1. The molecule has 6 heteroatoms. The lowest BCUT2D eigenvalue weighted by molar-refractivity contribution is 0.0920. The van der Waals surface area contributed by atoms with Crippen molar-refractivity contribution in [3.63, 3.8) is 0 Å². The molecule has 130 valence electrons. The maximum atomic E-state index is 12.1. The van der Waals surface area contributed by atoms with E-state index in [1.54, 1.807) is 12.3 Å². The Morgan fingerprint density at radius 2 is 2.21 bits per heavy atom. The molecule has 1 unspecified atom stereocenters. The lowest BCUT2D eigenvalue weighted by Crippen LogP contribution is -2.27. The fraction of sp³-hybridized carbons (Fsp3) is 0.444. The second-order valence-electron chi connectivity index (χ2n) is 5.83. The third-order valence-electron chi connectivity index (χ3n) is 3.31. The van der Waals surface area contributed by atoms with E-state index in [1.165, 1.54) is 11.3 Å². The Bertz CT molecular complexity index is 670. The maximum absolute atomic E-state index is 12.1. The molecule has 2 aromatic rings. The van der Waals surface area contributed by atoms with E-state index in [0.29, 0.717) is 16.2 Å². The molecule has 0 spiro atoms. The summed E-state index contributed by atoms with van der Waals surface area (Å²) >= 11 is 1.40. The van der Waals surface area contributed by atoms with Crippen LogP contribution in [-0.4, -0.2) is 28.6 Å². The second-order valence-corrected chi connectivity index (χ2v) is 6.95. The van der Waals surface area contributed by atoms with E-state index in [2.05, 4.69) is 17.2 Å². The van der Waals surface area contributed by atoms with Gasteiger partial charge in [0.05, 0.1) is 23.4 Å². The number of nitrogens with zero attached hydrogens (tertiary/aromatic N) is 1. The van der Waals surface area contributed by atoms with Gasteiger partial charge >= 0.3 is 0 Å². The van der Waals surface area contributed by atoms with Gasteiger partial charge in [0.15, 0.2) is 0 Å². The minimum absolute atomic E-state index is 0.0701. The Labute approximate surface area is 146 Å². The number of aryl methyl sites for hydroxylation is 1. The van der Waals surface area contributed by atoms with Crippen LogP contribution in [0.2, 0.25) is 0 Å². The zero-order chi connectivity index (χ0) is 17.5. The molecule has 0 fully saturated rings. The van der Waals surface area contributed by atoms with Crippen molar-refractivity contribution in [2.75, 3.05) is 6.54 Å². The van der Waals surface area contributed by atoms with Crippen molar-refractivity contribution in [2.45, 2.75) is 45.8 Å². The highest BCUT2D eigenvalue weighted by atomic mass is 32.1. The number of aliphatic hydroxyl groups is 1.